The van der Waals surface area contributed by atoms with Gasteiger partial charge in [0.25, 0.3) is 0 Å². The molecule has 2 nitrogen and oxygen atoms in total. The van der Waals surface area contributed by atoms with Gasteiger partial charge in [-0.1, -0.05) is 13.8 Å². The molecule has 1 aromatic carbocycles. The van der Waals surface area contributed by atoms with E-state index < -0.39 is 0 Å². The second-order valence-corrected chi connectivity index (χ2v) is 4.95. The molecule has 0 aromatic heterocycles. The molecule has 88 valence electrons. The van der Waals surface area contributed by atoms with Crippen LogP contribution in [0, 0.1) is 17.7 Å². The van der Waals surface area contributed by atoms with Gasteiger partial charge in [0, 0.05) is 13.1 Å². The predicted octanol–water partition coefficient (Wildman–Crippen LogP) is 3.33. The molecule has 1 aliphatic rings. The molecule has 0 bridgehead atoms. The first kappa shape index (κ1) is 11.2. The Morgan fingerprint density at radius 2 is 1.94 bits per heavy atom. The molecule has 16 heavy (non-hydrogen) atoms. The zero-order valence-corrected chi connectivity index (χ0v) is 9.89. The van der Waals surface area contributed by atoms with Crippen LogP contribution in [0.3, 0.4) is 0 Å². The third-order valence-corrected chi connectivity index (χ3v) is 2.95. The van der Waals surface area contributed by atoms with Crippen molar-refractivity contribution < 1.29 is 4.39 Å². The molecule has 3 heteroatoms. The molecule has 0 amide bonds. The van der Waals surface area contributed by atoms with Gasteiger partial charge in [-0.25, -0.2) is 4.39 Å². The van der Waals surface area contributed by atoms with Crippen molar-refractivity contribution >= 4 is 11.4 Å². The maximum atomic E-state index is 13.1. The van der Waals surface area contributed by atoms with Crippen LogP contribution >= 0.6 is 0 Å². The van der Waals surface area contributed by atoms with E-state index in [0.29, 0.717) is 11.8 Å². The fourth-order valence-corrected chi connectivity index (χ4v) is 2.23. The molecule has 0 spiro atoms. The summed E-state index contributed by atoms with van der Waals surface area (Å²) in [5.74, 6) is 1.12. The maximum Gasteiger partial charge on any atom is 0.125 e. The molecule has 2 rings (SSSR count). The van der Waals surface area contributed by atoms with Gasteiger partial charge in [0.15, 0.2) is 0 Å². The van der Waals surface area contributed by atoms with Crippen LogP contribution in [0.4, 0.5) is 15.8 Å². The van der Waals surface area contributed by atoms with Crippen molar-refractivity contribution in [1.82, 2.24) is 0 Å². The quantitative estimate of drug-likeness (QED) is 0.802. The van der Waals surface area contributed by atoms with Crippen molar-refractivity contribution in [3.05, 3.63) is 24.0 Å². The lowest BCUT2D eigenvalue weighted by atomic mass is 9.97. The van der Waals surface area contributed by atoms with Crippen LogP contribution in [-0.4, -0.2) is 13.1 Å². The van der Waals surface area contributed by atoms with Gasteiger partial charge in [-0.15, -0.1) is 0 Å². The number of rotatable bonds is 2. The highest BCUT2D eigenvalue weighted by Gasteiger charge is 2.16. The van der Waals surface area contributed by atoms with E-state index in [2.05, 4.69) is 24.5 Å². The van der Waals surface area contributed by atoms with Crippen LogP contribution in [0.2, 0.25) is 0 Å². The van der Waals surface area contributed by atoms with Crippen LogP contribution in [0.5, 0.6) is 0 Å². The van der Waals surface area contributed by atoms with Gasteiger partial charge in [-0.3, -0.25) is 0 Å². The average Bonchev–Trinajstić information content (AvgIpc) is 2.40. The van der Waals surface area contributed by atoms with Gasteiger partial charge < -0.3 is 10.6 Å². The Labute approximate surface area is 96.2 Å². The molecular weight excluding hydrogens is 203 g/mol. The third-order valence-electron chi connectivity index (χ3n) is 2.95. The van der Waals surface area contributed by atoms with Crippen molar-refractivity contribution in [3.63, 3.8) is 0 Å². The van der Waals surface area contributed by atoms with E-state index in [1.165, 1.54) is 12.5 Å². The molecule has 1 heterocycles. The second-order valence-electron chi connectivity index (χ2n) is 4.95. The van der Waals surface area contributed by atoms with Crippen LogP contribution in [0.25, 0.3) is 0 Å². The lowest BCUT2D eigenvalue weighted by molar-refractivity contribution is 0.444. The topological polar surface area (TPSA) is 24.1 Å². The Morgan fingerprint density at radius 1 is 1.25 bits per heavy atom. The lowest BCUT2D eigenvalue weighted by Gasteiger charge is -2.16. The summed E-state index contributed by atoms with van der Waals surface area (Å²) in [5, 5.41) is 6.70. The van der Waals surface area contributed by atoms with Crippen LogP contribution in [0.1, 0.15) is 20.3 Å². The number of anilines is 2. The summed E-state index contributed by atoms with van der Waals surface area (Å²) >= 11 is 0. The van der Waals surface area contributed by atoms with Crippen LogP contribution in [0.15, 0.2) is 18.2 Å². The van der Waals surface area contributed by atoms with E-state index in [9.17, 15) is 4.39 Å². The van der Waals surface area contributed by atoms with Gasteiger partial charge in [-0.2, -0.15) is 0 Å². The van der Waals surface area contributed by atoms with E-state index >= 15 is 0 Å². The SMILES string of the molecule is CC(C)CC1CNc2ccc(F)cc2NC1. The molecular formula is C13H19FN2. The molecule has 0 saturated carbocycles. The molecule has 1 atom stereocenters. The fourth-order valence-electron chi connectivity index (χ4n) is 2.23. The summed E-state index contributed by atoms with van der Waals surface area (Å²) in [6, 6.07) is 4.85. The average molecular weight is 222 g/mol. The van der Waals surface area contributed by atoms with Gasteiger partial charge in [-0.05, 0) is 36.5 Å². The van der Waals surface area contributed by atoms with Crippen molar-refractivity contribution in [2.24, 2.45) is 11.8 Å². The second kappa shape index (κ2) is 4.73. The highest BCUT2D eigenvalue weighted by atomic mass is 19.1. The summed E-state index contributed by atoms with van der Waals surface area (Å²) in [4.78, 5) is 0. The van der Waals surface area contributed by atoms with E-state index in [4.69, 9.17) is 0 Å². The van der Waals surface area contributed by atoms with E-state index in [0.717, 1.165) is 24.5 Å². The van der Waals surface area contributed by atoms with Crippen molar-refractivity contribution in [1.29, 1.82) is 0 Å². The molecule has 1 aromatic rings. The lowest BCUT2D eigenvalue weighted by Crippen LogP contribution is -2.20. The number of hydrogen-bond donors (Lipinski definition) is 2. The highest BCUT2D eigenvalue weighted by Crippen LogP contribution is 2.27. The van der Waals surface area contributed by atoms with Crippen LogP contribution < -0.4 is 10.6 Å². The molecule has 1 unspecified atom stereocenters. The summed E-state index contributed by atoms with van der Waals surface area (Å²) in [5.41, 5.74) is 1.89. The predicted molar refractivity (Wildman–Crippen MR) is 66.3 cm³/mol. The molecule has 2 N–H and O–H groups in total. The maximum absolute atomic E-state index is 13.1. The summed E-state index contributed by atoms with van der Waals surface area (Å²) in [7, 11) is 0. The van der Waals surface area contributed by atoms with E-state index in [-0.39, 0.29) is 5.82 Å². The summed E-state index contributed by atoms with van der Waals surface area (Å²) in [6.45, 7) is 6.35. The van der Waals surface area contributed by atoms with Crippen molar-refractivity contribution in [2.75, 3.05) is 23.7 Å². The fraction of sp³-hybridized carbons (Fsp3) is 0.538. The van der Waals surface area contributed by atoms with Gasteiger partial charge >= 0.3 is 0 Å². The monoisotopic (exact) mass is 222 g/mol. The highest BCUT2D eigenvalue weighted by molar-refractivity contribution is 5.69. The molecule has 1 aliphatic heterocycles. The van der Waals surface area contributed by atoms with Crippen LogP contribution in [-0.2, 0) is 0 Å². The zero-order chi connectivity index (χ0) is 11.5. The Hall–Kier alpha value is -1.25. The Kier molecular flexibility index (Phi) is 3.32. The summed E-state index contributed by atoms with van der Waals surface area (Å²) < 4.78 is 13.1. The number of halogens is 1. The van der Waals surface area contributed by atoms with Crippen molar-refractivity contribution in [3.8, 4) is 0 Å². The summed E-state index contributed by atoms with van der Waals surface area (Å²) in [6.07, 6.45) is 1.19. The Bertz CT molecular complexity index is 363. The first-order valence-electron chi connectivity index (χ1n) is 5.92. The zero-order valence-electron chi connectivity index (χ0n) is 9.89. The normalized spacial score (nSPS) is 19.6. The number of benzene rings is 1. The number of fused-ring (bicyclic) bond motifs is 1. The number of hydrogen-bond acceptors (Lipinski definition) is 2. The van der Waals surface area contributed by atoms with Gasteiger partial charge in [0.1, 0.15) is 5.82 Å². The first-order chi connectivity index (χ1) is 7.65. The minimum atomic E-state index is -0.185. The molecule has 0 saturated heterocycles. The molecule has 0 radical (unpaired) electrons. The van der Waals surface area contributed by atoms with E-state index in [1.54, 1.807) is 12.1 Å². The largest absolute Gasteiger partial charge is 0.383 e. The minimum Gasteiger partial charge on any atom is -0.383 e. The Morgan fingerprint density at radius 3 is 2.62 bits per heavy atom. The smallest absolute Gasteiger partial charge is 0.125 e. The standard InChI is InChI=1S/C13H19FN2/c1-9(2)5-10-7-15-12-4-3-11(14)6-13(12)16-8-10/h3-4,6,9-10,15-16H,5,7-8H2,1-2H3. The molecule has 0 fully saturated rings. The first-order valence-corrected chi connectivity index (χ1v) is 5.92. The van der Waals surface area contributed by atoms with Gasteiger partial charge in [0.2, 0.25) is 0 Å². The van der Waals surface area contributed by atoms with E-state index in [1.807, 2.05) is 0 Å². The molecule has 0 aliphatic carbocycles. The third kappa shape index (κ3) is 2.65. The van der Waals surface area contributed by atoms with Crippen molar-refractivity contribution in [2.45, 2.75) is 20.3 Å². The Balaban J connectivity index is 2.07. The van der Waals surface area contributed by atoms with Gasteiger partial charge in [0.05, 0.1) is 11.4 Å². The minimum absolute atomic E-state index is 0.185. The number of nitrogens with one attached hydrogen (secondary N) is 2.